The maximum Gasteiger partial charge on any atom is 0.253 e. The normalized spacial score (nSPS) is 13.8. The van der Waals surface area contributed by atoms with Gasteiger partial charge in [-0.3, -0.25) is 4.79 Å². The number of benzene rings is 3. The molecule has 0 unspecified atom stereocenters. The third kappa shape index (κ3) is 5.33. The van der Waals surface area contributed by atoms with Crippen LogP contribution in [-0.2, 0) is 6.61 Å². The van der Waals surface area contributed by atoms with Gasteiger partial charge in [0.1, 0.15) is 23.9 Å². The summed E-state index contributed by atoms with van der Waals surface area (Å²) in [5.74, 6) is 1.63. The van der Waals surface area contributed by atoms with Crippen molar-refractivity contribution in [2.45, 2.75) is 26.4 Å². The third-order valence-electron chi connectivity index (χ3n) is 6.21. The van der Waals surface area contributed by atoms with Crippen molar-refractivity contribution in [1.82, 2.24) is 4.90 Å². The van der Waals surface area contributed by atoms with Crippen LogP contribution in [0.4, 0.5) is 10.1 Å². The lowest BCUT2D eigenvalue weighted by atomic mass is 10.0. The Morgan fingerprint density at radius 2 is 1.65 bits per heavy atom. The molecule has 1 fully saturated rings. The number of ether oxygens (including phenoxy) is 2. The van der Waals surface area contributed by atoms with Crippen molar-refractivity contribution in [2.75, 3.05) is 38.2 Å². The summed E-state index contributed by atoms with van der Waals surface area (Å²) < 4.78 is 24.9. The van der Waals surface area contributed by atoms with Crippen LogP contribution in [0, 0.1) is 5.82 Å². The number of nitrogens with zero attached hydrogens (tertiary/aromatic N) is 2. The molecule has 0 N–H and O–H groups in total. The predicted molar refractivity (Wildman–Crippen MR) is 132 cm³/mol. The van der Waals surface area contributed by atoms with Crippen LogP contribution >= 0.6 is 0 Å². The van der Waals surface area contributed by atoms with Gasteiger partial charge in [0.2, 0.25) is 0 Å². The highest BCUT2D eigenvalue weighted by Gasteiger charge is 2.23. The van der Waals surface area contributed by atoms with Crippen LogP contribution in [0.2, 0.25) is 0 Å². The topological polar surface area (TPSA) is 42.0 Å². The third-order valence-corrected chi connectivity index (χ3v) is 6.21. The van der Waals surface area contributed by atoms with Crippen LogP contribution in [-0.4, -0.2) is 44.1 Å². The van der Waals surface area contributed by atoms with Crippen molar-refractivity contribution < 1.29 is 18.7 Å². The van der Waals surface area contributed by atoms with Gasteiger partial charge in [0.05, 0.1) is 7.11 Å². The molecule has 0 aromatic heterocycles. The number of rotatable bonds is 7. The number of methoxy groups -OCH3 is 1. The van der Waals surface area contributed by atoms with E-state index in [0.29, 0.717) is 50.0 Å². The number of hydrogen-bond acceptors (Lipinski definition) is 4. The average Bonchev–Trinajstić information content (AvgIpc) is 2.87. The van der Waals surface area contributed by atoms with E-state index in [4.69, 9.17) is 9.47 Å². The molecule has 6 heteroatoms. The largest absolute Gasteiger partial charge is 0.496 e. The van der Waals surface area contributed by atoms with Gasteiger partial charge in [0, 0.05) is 43.0 Å². The van der Waals surface area contributed by atoms with Crippen molar-refractivity contribution in [3.63, 3.8) is 0 Å². The van der Waals surface area contributed by atoms with Gasteiger partial charge in [-0.05, 0) is 60.0 Å². The molecule has 3 aromatic rings. The fourth-order valence-electron chi connectivity index (χ4n) is 4.27. The second kappa shape index (κ2) is 10.6. The number of halogens is 1. The molecule has 0 spiro atoms. The van der Waals surface area contributed by atoms with Crippen LogP contribution in [0.25, 0.3) is 0 Å². The van der Waals surface area contributed by atoms with Crippen molar-refractivity contribution in [2.24, 2.45) is 0 Å². The first-order valence-electron chi connectivity index (χ1n) is 11.6. The molecule has 0 radical (unpaired) electrons. The first-order chi connectivity index (χ1) is 16.5. The second-order valence-corrected chi connectivity index (χ2v) is 8.76. The number of piperazine rings is 1. The summed E-state index contributed by atoms with van der Waals surface area (Å²) in [7, 11) is 1.62. The van der Waals surface area contributed by atoms with E-state index in [1.165, 1.54) is 12.1 Å². The van der Waals surface area contributed by atoms with Gasteiger partial charge >= 0.3 is 0 Å². The van der Waals surface area contributed by atoms with Gasteiger partial charge in [0.25, 0.3) is 5.91 Å². The monoisotopic (exact) mass is 462 g/mol. The van der Waals surface area contributed by atoms with Crippen molar-refractivity contribution in [3.8, 4) is 11.5 Å². The molecular formula is C28H31FN2O3. The molecule has 1 amide bonds. The van der Waals surface area contributed by atoms with E-state index in [9.17, 15) is 9.18 Å². The first-order valence-corrected chi connectivity index (χ1v) is 11.6. The SMILES string of the molecule is COc1ccc(C(=O)N2CCN(c3ccc(F)cc3)CC2)cc1COc1ccccc1C(C)C. The van der Waals surface area contributed by atoms with E-state index < -0.39 is 0 Å². The van der Waals surface area contributed by atoms with Crippen LogP contribution in [0.1, 0.15) is 41.3 Å². The van der Waals surface area contributed by atoms with Crippen LogP contribution < -0.4 is 14.4 Å². The lowest BCUT2D eigenvalue weighted by Crippen LogP contribution is -2.48. The average molecular weight is 463 g/mol. The quantitative estimate of drug-likeness (QED) is 0.465. The summed E-state index contributed by atoms with van der Waals surface area (Å²) in [5.41, 5.74) is 3.57. The number of carbonyl (C=O) groups excluding carboxylic acids is 1. The predicted octanol–water partition coefficient (Wildman–Crippen LogP) is 5.50. The molecule has 0 aliphatic carbocycles. The van der Waals surface area contributed by atoms with Gasteiger partial charge in [0.15, 0.2) is 0 Å². The van der Waals surface area contributed by atoms with Gasteiger partial charge in [-0.15, -0.1) is 0 Å². The van der Waals surface area contributed by atoms with Crippen LogP contribution in [0.5, 0.6) is 11.5 Å². The van der Waals surface area contributed by atoms with E-state index in [1.54, 1.807) is 25.3 Å². The Hall–Kier alpha value is -3.54. The molecule has 1 aliphatic rings. The zero-order chi connectivity index (χ0) is 24.1. The van der Waals surface area contributed by atoms with Crippen molar-refractivity contribution in [1.29, 1.82) is 0 Å². The van der Waals surface area contributed by atoms with Crippen molar-refractivity contribution in [3.05, 3.63) is 89.2 Å². The number of hydrogen-bond donors (Lipinski definition) is 0. The highest BCUT2D eigenvalue weighted by molar-refractivity contribution is 5.94. The Kier molecular flexibility index (Phi) is 7.36. The van der Waals surface area contributed by atoms with Gasteiger partial charge < -0.3 is 19.3 Å². The zero-order valence-corrected chi connectivity index (χ0v) is 20.0. The summed E-state index contributed by atoms with van der Waals surface area (Å²) in [6, 6.07) is 20.0. The van der Waals surface area contributed by atoms with Gasteiger partial charge in [-0.2, -0.15) is 0 Å². The summed E-state index contributed by atoms with van der Waals surface area (Å²) in [4.78, 5) is 17.3. The van der Waals surface area contributed by atoms with Gasteiger partial charge in [-0.25, -0.2) is 4.39 Å². The molecule has 4 rings (SSSR count). The highest BCUT2D eigenvalue weighted by Crippen LogP contribution is 2.29. The van der Waals surface area contributed by atoms with E-state index in [0.717, 1.165) is 22.6 Å². The minimum atomic E-state index is -0.246. The maximum atomic E-state index is 13.2. The minimum absolute atomic E-state index is 0.00904. The fraction of sp³-hybridized carbons (Fsp3) is 0.321. The molecule has 0 bridgehead atoms. The van der Waals surface area contributed by atoms with E-state index in [2.05, 4.69) is 24.8 Å². The minimum Gasteiger partial charge on any atom is -0.496 e. The molecule has 178 valence electrons. The molecule has 1 heterocycles. The molecule has 0 atom stereocenters. The molecule has 1 aliphatic heterocycles. The summed E-state index contributed by atoms with van der Waals surface area (Å²) in [5, 5.41) is 0. The summed E-state index contributed by atoms with van der Waals surface area (Å²) in [6.45, 7) is 7.21. The Bertz CT molecular complexity index is 1120. The van der Waals surface area contributed by atoms with E-state index >= 15 is 0 Å². The van der Waals surface area contributed by atoms with Crippen molar-refractivity contribution >= 4 is 11.6 Å². The Morgan fingerprint density at radius 3 is 2.32 bits per heavy atom. The molecule has 3 aromatic carbocycles. The molecular weight excluding hydrogens is 431 g/mol. The molecule has 5 nitrogen and oxygen atoms in total. The lowest BCUT2D eigenvalue weighted by molar-refractivity contribution is 0.0746. The van der Waals surface area contributed by atoms with Gasteiger partial charge in [-0.1, -0.05) is 32.0 Å². The highest BCUT2D eigenvalue weighted by atomic mass is 19.1. The number of amides is 1. The summed E-state index contributed by atoms with van der Waals surface area (Å²) in [6.07, 6.45) is 0. The lowest BCUT2D eigenvalue weighted by Gasteiger charge is -2.36. The van der Waals surface area contributed by atoms with Crippen LogP contribution in [0.3, 0.4) is 0 Å². The summed E-state index contributed by atoms with van der Waals surface area (Å²) >= 11 is 0. The number of anilines is 1. The van der Waals surface area contributed by atoms with Crippen LogP contribution in [0.15, 0.2) is 66.7 Å². The maximum absolute atomic E-state index is 13.2. The smallest absolute Gasteiger partial charge is 0.253 e. The molecule has 34 heavy (non-hydrogen) atoms. The fourth-order valence-corrected chi connectivity index (χ4v) is 4.27. The Balaban J connectivity index is 1.44. The first kappa shape index (κ1) is 23.6. The second-order valence-electron chi connectivity index (χ2n) is 8.76. The van der Waals surface area contributed by atoms with E-state index in [1.807, 2.05) is 35.2 Å². The number of para-hydroxylation sites is 1. The zero-order valence-electron chi connectivity index (χ0n) is 20.0. The number of carbonyl (C=O) groups is 1. The molecule has 1 saturated heterocycles. The Labute approximate surface area is 200 Å². The van der Waals surface area contributed by atoms with E-state index in [-0.39, 0.29) is 11.7 Å². The molecule has 0 saturated carbocycles. The standard InChI is InChI=1S/C28H31FN2O3/c1-20(2)25-6-4-5-7-27(25)34-19-22-18-21(8-13-26(22)33-3)28(32)31-16-14-30(15-17-31)24-11-9-23(29)10-12-24/h4-13,18,20H,14-17,19H2,1-3H3. The Morgan fingerprint density at radius 1 is 0.941 bits per heavy atom.